The number of hydrogen-bond donors (Lipinski definition) is 0. The lowest BCUT2D eigenvalue weighted by atomic mass is 10.1. The van der Waals surface area contributed by atoms with E-state index in [1.165, 1.54) is 19.3 Å². The average Bonchev–Trinajstić information content (AvgIpc) is 2.74. The van der Waals surface area contributed by atoms with Gasteiger partial charge in [0.15, 0.2) is 5.78 Å². The van der Waals surface area contributed by atoms with Crippen LogP contribution in [0, 0.1) is 5.92 Å². The Balaban J connectivity index is 2.79. The molecule has 4 nitrogen and oxygen atoms in total. The van der Waals surface area contributed by atoms with Crippen molar-refractivity contribution in [3.63, 3.8) is 0 Å². The fraction of sp³-hybridized carbons (Fsp3) is 0.385. The highest BCUT2D eigenvalue weighted by atomic mass is 16.5. The zero-order valence-electron chi connectivity index (χ0n) is 10.2. The molecular formula is C13H16O4. The number of carbonyl (C=O) groups is 2. The van der Waals surface area contributed by atoms with E-state index in [4.69, 9.17) is 9.15 Å². The Morgan fingerprint density at radius 2 is 2.18 bits per heavy atom. The average molecular weight is 236 g/mol. The highest BCUT2D eigenvalue weighted by Gasteiger charge is 2.17. The van der Waals surface area contributed by atoms with E-state index in [2.05, 4.69) is 0 Å². The highest BCUT2D eigenvalue weighted by molar-refractivity contribution is 6.19. The Kier molecular flexibility index (Phi) is 4.69. The standard InChI is InChI=1S/C13H16O4/c1-9(2)8-17-13(15)12(10(3)14)7-11-5-4-6-16-11/h4-7,9H,8H2,1-3H3. The number of furan rings is 1. The molecule has 1 aromatic heterocycles. The van der Waals surface area contributed by atoms with E-state index >= 15 is 0 Å². The largest absolute Gasteiger partial charge is 0.465 e. The summed E-state index contributed by atoms with van der Waals surface area (Å²) < 4.78 is 10.1. The number of ether oxygens (including phenoxy) is 1. The summed E-state index contributed by atoms with van der Waals surface area (Å²) in [5.41, 5.74) is 0.000556. The lowest BCUT2D eigenvalue weighted by Gasteiger charge is -2.07. The molecule has 1 aromatic rings. The first-order chi connectivity index (χ1) is 8.00. The van der Waals surface area contributed by atoms with Crippen molar-refractivity contribution >= 4 is 17.8 Å². The molecule has 0 unspecified atom stereocenters. The van der Waals surface area contributed by atoms with Gasteiger partial charge in [0.05, 0.1) is 12.9 Å². The highest BCUT2D eigenvalue weighted by Crippen LogP contribution is 2.10. The molecule has 0 N–H and O–H groups in total. The summed E-state index contributed by atoms with van der Waals surface area (Å²) in [5, 5.41) is 0. The summed E-state index contributed by atoms with van der Waals surface area (Å²) >= 11 is 0. The summed E-state index contributed by atoms with van der Waals surface area (Å²) in [6.45, 7) is 5.47. The third-order valence-corrected chi connectivity index (χ3v) is 1.98. The van der Waals surface area contributed by atoms with Gasteiger partial charge in [0, 0.05) is 0 Å². The number of Topliss-reactive ketones (excluding diaryl/α,β-unsaturated/α-hetero) is 1. The maximum atomic E-state index is 11.7. The molecule has 0 saturated carbocycles. The molecule has 0 bridgehead atoms. The summed E-state index contributed by atoms with van der Waals surface area (Å²) in [6, 6.07) is 3.35. The zero-order chi connectivity index (χ0) is 12.8. The number of hydrogen-bond acceptors (Lipinski definition) is 4. The lowest BCUT2D eigenvalue weighted by Crippen LogP contribution is -2.16. The van der Waals surface area contributed by atoms with Crippen LogP contribution < -0.4 is 0 Å². The van der Waals surface area contributed by atoms with Crippen LogP contribution in [0.15, 0.2) is 28.4 Å². The van der Waals surface area contributed by atoms with Crippen LogP contribution in [-0.4, -0.2) is 18.4 Å². The van der Waals surface area contributed by atoms with Crippen LogP contribution in [0.1, 0.15) is 26.5 Å². The van der Waals surface area contributed by atoms with E-state index in [9.17, 15) is 9.59 Å². The van der Waals surface area contributed by atoms with Gasteiger partial charge in [-0.15, -0.1) is 0 Å². The molecule has 0 atom stereocenters. The fourth-order valence-corrected chi connectivity index (χ4v) is 1.14. The smallest absolute Gasteiger partial charge is 0.341 e. The van der Waals surface area contributed by atoms with Gasteiger partial charge in [-0.05, 0) is 31.1 Å². The van der Waals surface area contributed by atoms with Crippen molar-refractivity contribution in [3.05, 3.63) is 29.7 Å². The molecule has 0 radical (unpaired) electrons. The molecule has 92 valence electrons. The molecule has 0 saturated heterocycles. The zero-order valence-corrected chi connectivity index (χ0v) is 10.2. The molecule has 0 spiro atoms. The van der Waals surface area contributed by atoms with E-state index in [1.807, 2.05) is 13.8 Å². The van der Waals surface area contributed by atoms with E-state index in [0.29, 0.717) is 12.4 Å². The van der Waals surface area contributed by atoms with Crippen LogP contribution in [0.4, 0.5) is 0 Å². The third kappa shape index (κ3) is 4.26. The number of carbonyl (C=O) groups excluding carboxylic acids is 2. The van der Waals surface area contributed by atoms with Gasteiger partial charge in [-0.2, -0.15) is 0 Å². The van der Waals surface area contributed by atoms with Crippen LogP contribution in [0.5, 0.6) is 0 Å². The van der Waals surface area contributed by atoms with E-state index in [0.717, 1.165) is 0 Å². The predicted octanol–water partition coefficient (Wildman–Crippen LogP) is 2.45. The Bertz CT molecular complexity index is 413. The minimum atomic E-state index is -0.609. The molecule has 0 aliphatic carbocycles. The first kappa shape index (κ1) is 13.2. The number of rotatable bonds is 5. The molecule has 0 aliphatic rings. The minimum Gasteiger partial charge on any atom is -0.465 e. The van der Waals surface area contributed by atoms with Crippen molar-refractivity contribution in [2.75, 3.05) is 6.61 Å². The summed E-state index contributed by atoms with van der Waals surface area (Å²) in [5.74, 6) is -0.259. The Morgan fingerprint density at radius 3 is 2.65 bits per heavy atom. The molecule has 4 heteroatoms. The SMILES string of the molecule is CC(=O)C(=Cc1ccco1)C(=O)OCC(C)C. The molecule has 0 fully saturated rings. The topological polar surface area (TPSA) is 56.5 Å². The molecule has 17 heavy (non-hydrogen) atoms. The van der Waals surface area contributed by atoms with E-state index < -0.39 is 5.97 Å². The number of ketones is 1. The second kappa shape index (κ2) is 6.03. The van der Waals surface area contributed by atoms with Crippen molar-refractivity contribution in [1.29, 1.82) is 0 Å². The Hall–Kier alpha value is -1.84. The lowest BCUT2D eigenvalue weighted by molar-refractivity contribution is -0.141. The van der Waals surface area contributed by atoms with Crippen molar-refractivity contribution in [3.8, 4) is 0 Å². The van der Waals surface area contributed by atoms with Crippen molar-refractivity contribution < 1.29 is 18.7 Å². The van der Waals surface area contributed by atoms with Gasteiger partial charge in [0.1, 0.15) is 11.3 Å². The van der Waals surface area contributed by atoms with Crippen LogP contribution >= 0.6 is 0 Å². The van der Waals surface area contributed by atoms with Crippen LogP contribution in [0.25, 0.3) is 6.08 Å². The maximum Gasteiger partial charge on any atom is 0.341 e. The van der Waals surface area contributed by atoms with E-state index in [-0.39, 0.29) is 17.3 Å². The normalized spacial score (nSPS) is 11.6. The van der Waals surface area contributed by atoms with Crippen LogP contribution in [0.3, 0.4) is 0 Å². The fourth-order valence-electron chi connectivity index (χ4n) is 1.14. The summed E-state index contributed by atoms with van der Waals surface area (Å²) in [7, 11) is 0. The predicted molar refractivity (Wildman–Crippen MR) is 63.2 cm³/mol. The van der Waals surface area contributed by atoms with Crippen molar-refractivity contribution in [2.45, 2.75) is 20.8 Å². The van der Waals surface area contributed by atoms with Gasteiger partial charge in [-0.3, -0.25) is 4.79 Å². The quantitative estimate of drug-likeness (QED) is 0.341. The Morgan fingerprint density at radius 1 is 1.47 bits per heavy atom. The molecule has 0 amide bonds. The summed E-state index contributed by atoms with van der Waals surface area (Å²) in [4.78, 5) is 23.0. The molecule has 0 aliphatic heterocycles. The molecule has 1 heterocycles. The molecule has 0 aromatic carbocycles. The van der Waals surface area contributed by atoms with Gasteiger partial charge in [0.2, 0.25) is 0 Å². The third-order valence-electron chi connectivity index (χ3n) is 1.98. The first-order valence-electron chi connectivity index (χ1n) is 5.44. The maximum absolute atomic E-state index is 11.7. The van der Waals surface area contributed by atoms with Crippen molar-refractivity contribution in [2.24, 2.45) is 5.92 Å². The second-order valence-electron chi connectivity index (χ2n) is 4.12. The molecule has 1 rings (SSSR count). The molecular weight excluding hydrogens is 220 g/mol. The van der Waals surface area contributed by atoms with E-state index in [1.54, 1.807) is 12.1 Å². The van der Waals surface area contributed by atoms with Gasteiger partial charge in [0.25, 0.3) is 0 Å². The number of esters is 1. The van der Waals surface area contributed by atoms with Gasteiger partial charge < -0.3 is 9.15 Å². The van der Waals surface area contributed by atoms with Crippen LogP contribution in [-0.2, 0) is 14.3 Å². The summed E-state index contributed by atoms with van der Waals surface area (Å²) in [6.07, 6.45) is 2.87. The van der Waals surface area contributed by atoms with Gasteiger partial charge in [-0.25, -0.2) is 4.79 Å². The second-order valence-corrected chi connectivity index (χ2v) is 4.12. The Labute approximate surface area is 100 Å². The van der Waals surface area contributed by atoms with Gasteiger partial charge >= 0.3 is 5.97 Å². The van der Waals surface area contributed by atoms with Crippen molar-refractivity contribution in [1.82, 2.24) is 0 Å². The van der Waals surface area contributed by atoms with Gasteiger partial charge in [-0.1, -0.05) is 13.8 Å². The monoisotopic (exact) mass is 236 g/mol. The van der Waals surface area contributed by atoms with Crippen LogP contribution in [0.2, 0.25) is 0 Å². The first-order valence-corrected chi connectivity index (χ1v) is 5.44. The minimum absolute atomic E-state index is 0.000556.